The zero-order chi connectivity index (χ0) is 14.5. The quantitative estimate of drug-likeness (QED) is 0.795. The minimum atomic E-state index is -0.601. The highest BCUT2D eigenvalue weighted by Gasteiger charge is 2.22. The zero-order valence-corrected chi connectivity index (χ0v) is 11.1. The number of rotatable bonds is 4. The van der Waals surface area contributed by atoms with E-state index in [1.807, 2.05) is 11.0 Å². The number of nitrogens with zero attached hydrogens (tertiary/aromatic N) is 2. The van der Waals surface area contributed by atoms with Crippen molar-refractivity contribution >= 4 is 0 Å². The minimum Gasteiger partial charge on any atom is -0.284 e. The molecule has 102 valence electrons. The summed E-state index contributed by atoms with van der Waals surface area (Å²) in [5.74, 6) is 1.33. The molecule has 1 unspecified atom stereocenters. The van der Waals surface area contributed by atoms with Gasteiger partial charge in [0.2, 0.25) is 0 Å². The van der Waals surface area contributed by atoms with Crippen LogP contribution in [0, 0.1) is 24.0 Å². The van der Waals surface area contributed by atoms with Crippen LogP contribution in [0.3, 0.4) is 0 Å². The fourth-order valence-electron chi connectivity index (χ4n) is 2.17. The lowest BCUT2D eigenvalue weighted by atomic mass is 9.98. The molecule has 0 amide bonds. The molecule has 1 heterocycles. The summed E-state index contributed by atoms with van der Waals surface area (Å²) in [5.41, 5.74) is 1.17. The molecule has 2 nitrogen and oxygen atoms in total. The lowest BCUT2D eigenvalue weighted by Crippen LogP contribution is -2.27. The third kappa shape index (κ3) is 3.01. The molecule has 0 saturated heterocycles. The van der Waals surface area contributed by atoms with Gasteiger partial charge in [-0.2, -0.15) is 0 Å². The van der Waals surface area contributed by atoms with Gasteiger partial charge in [0.05, 0.1) is 12.6 Å². The van der Waals surface area contributed by atoms with Crippen LogP contribution in [0.1, 0.15) is 17.2 Å². The fourth-order valence-corrected chi connectivity index (χ4v) is 2.17. The summed E-state index contributed by atoms with van der Waals surface area (Å²) in [5, 5.41) is 0. The fraction of sp³-hybridized carbons (Fsp3) is 0.188. The standard InChI is InChI=1S/C16H14F2N2/c1-3-9-20(2)16(12-5-4-8-19-11-12)14-7-6-13(17)10-15(14)18/h1,4-8,10-11,16H,9H2,2H3. The average Bonchev–Trinajstić information content (AvgIpc) is 2.43. The van der Waals surface area contributed by atoms with Gasteiger partial charge in [-0.15, -0.1) is 6.42 Å². The van der Waals surface area contributed by atoms with E-state index in [9.17, 15) is 8.78 Å². The number of benzene rings is 1. The second-order valence-corrected chi connectivity index (χ2v) is 4.47. The van der Waals surface area contributed by atoms with Gasteiger partial charge in [-0.05, 0) is 24.7 Å². The molecule has 0 aliphatic heterocycles. The Morgan fingerprint density at radius 2 is 2.15 bits per heavy atom. The monoisotopic (exact) mass is 272 g/mol. The van der Waals surface area contributed by atoms with Crippen LogP contribution in [0.4, 0.5) is 8.78 Å². The minimum absolute atomic E-state index is 0.344. The second kappa shape index (κ2) is 6.27. The molecule has 0 aliphatic rings. The normalized spacial score (nSPS) is 12.2. The third-order valence-electron chi connectivity index (χ3n) is 3.04. The Hall–Kier alpha value is -2.25. The van der Waals surface area contributed by atoms with E-state index in [2.05, 4.69) is 10.9 Å². The first kappa shape index (κ1) is 14.2. The highest BCUT2D eigenvalue weighted by Crippen LogP contribution is 2.29. The Balaban J connectivity index is 2.49. The Morgan fingerprint density at radius 1 is 1.35 bits per heavy atom. The van der Waals surface area contributed by atoms with Gasteiger partial charge in [-0.25, -0.2) is 8.78 Å². The first-order chi connectivity index (χ1) is 9.63. The van der Waals surface area contributed by atoms with E-state index in [1.165, 1.54) is 12.1 Å². The molecule has 0 aliphatic carbocycles. The molecular weight excluding hydrogens is 258 g/mol. The van der Waals surface area contributed by atoms with Crippen molar-refractivity contribution in [3.63, 3.8) is 0 Å². The number of terminal acetylenes is 1. The van der Waals surface area contributed by atoms with Gasteiger partial charge in [0, 0.05) is 24.0 Å². The van der Waals surface area contributed by atoms with Gasteiger partial charge < -0.3 is 0 Å². The summed E-state index contributed by atoms with van der Waals surface area (Å²) in [6.45, 7) is 0.344. The van der Waals surface area contributed by atoms with Crippen LogP contribution in [0.5, 0.6) is 0 Å². The molecule has 2 aromatic rings. The molecule has 1 atom stereocenters. The van der Waals surface area contributed by atoms with Crippen LogP contribution in [-0.2, 0) is 0 Å². The maximum Gasteiger partial charge on any atom is 0.131 e. The van der Waals surface area contributed by atoms with Crippen LogP contribution in [0.25, 0.3) is 0 Å². The largest absolute Gasteiger partial charge is 0.284 e. The lowest BCUT2D eigenvalue weighted by molar-refractivity contribution is 0.306. The van der Waals surface area contributed by atoms with Crippen LogP contribution in [-0.4, -0.2) is 23.5 Å². The van der Waals surface area contributed by atoms with Gasteiger partial charge in [-0.1, -0.05) is 18.1 Å². The van der Waals surface area contributed by atoms with Crippen molar-refractivity contribution in [2.24, 2.45) is 0 Å². The molecule has 4 heteroatoms. The molecule has 1 aromatic heterocycles. The molecular formula is C16H14F2N2. The molecule has 1 aromatic carbocycles. The molecule has 20 heavy (non-hydrogen) atoms. The highest BCUT2D eigenvalue weighted by molar-refractivity contribution is 5.32. The van der Waals surface area contributed by atoms with Crippen molar-refractivity contribution < 1.29 is 8.78 Å². The Labute approximate surface area is 117 Å². The van der Waals surface area contributed by atoms with E-state index in [0.29, 0.717) is 12.1 Å². The van der Waals surface area contributed by atoms with Crippen LogP contribution >= 0.6 is 0 Å². The predicted molar refractivity (Wildman–Crippen MR) is 73.9 cm³/mol. The van der Waals surface area contributed by atoms with Crippen molar-refractivity contribution in [3.05, 3.63) is 65.5 Å². The van der Waals surface area contributed by atoms with E-state index in [0.717, 1.165) is 11.6 Å². The maximum atomic E-state index is 14.0. The van der Waals surface area contributed by atoms with Gasteiger partial charge in [0.1, 0.15) is 11.6 Å². The Bertz CT molecular complexity index is 620. The number of pyridine rings is 1. The third-order valence-corrected chi connectivity index (χ3v) is 3.04. The number of hydrogen-bond donors (Lipinski definition) is 0. The van der Waals surface area contributed by atoms with E-state index in [4.69, 9.17) is 6.42 Å². The van der Waals surface area contributed by atoms with E-state index in [-0.39, 0.29) is 0 Å². The second-order valence-electron chi connectivity index (χ2n) is 4.47. The maximum absolute atomic E-state index is 14.0. The molecule has 2 rings (SSSR count). The molecule has 0 saturated carbocycles. The molecule has 0 radical (unpaired) electrons. The summed E-state index contributed by atoms with van der Waals surface area (Å²) in [6.07, 6.45) is 8.62. The van der Waals surface area contributed by atoms with Crippen LogP contribution in [0.2, 0.25) is 0 Å². The Kier molecular flexibility index (Phi) is 4.44. The average molecular weight is 272 g/mol. The number of hydrogen-bond acceptors (Lipinski definition) is 2. The van der Waals surface area contributed by atoms with Gasteiger partial charge in [0.15, 0.2) is 0 Å². The molecule has 0 fully saturated rings. The van der Waals surface area contributed by atoms with Gasteiger partial charge >= 0.3 is 0 Å². The molecule has 0 spiro atoms. The lowest BCUT2D eigenvalue weighted by Gasteiger charge is -2.27. The Morgan fingerprint density at radius 3 is 2.75 bits per heavy atom. The van der Waals surface area contributed by atoms with Crippen molar-refractivity contribution in [2.75, 3.05) is 13.6 Å². The first-order valence-corrected chi connectivity index (χ1v) is 6.12. The zero-order valence-electron chi connectivity index (χ0n) is 11.1. The summed E-state index contributed by atoms with van der Waals surface area (Å²) in [7, 11) is 1.79. The molecule has 0 bridgehead atoms. The number of halogens is 2. The summed E-state index contributed by atoms with van der Waals surface area (Å²) >= 11 is 0. The van der Waals surface area contributed by atoms with E-state index >= 15 is 0 Å². The van der Waals surface area contributed by atoms with Crippen molar-refractivity contribution in [3.8, 4) is 12.3 Å². The summed E-state index contributed by atoms with van der Waals surface area (Å²) in [6, 6.07) is 6.77. The van der Waals surface area contributed by atoms with Crippen molar-refractivity contribution in [2.45, 2.75) is 6.04 Å². The summed E-state index contributed by atoms with van der Waals surface area (Å²) < 4.78 is 27.1. The smallest absolute Gasteiger partial charge is 0.131 e. The number of aromatic nitrogens is 1. The van der Waals surface area contributed by atoms with E-state index in [1.54, 1.807) is 25.5 Å². The predicted octanol–water partition coefficient (Wildman–Crippen LogP) is 3.01. The van der Waals surface area contributed by atoms with Crippen LogP contribution in [0.15, 0.2) is 42.7 Å². The topological polar surface area (TPSA) is 16.1 Å². The first-order valence-electron chi connectivity index (χ1n) is 6.12. The molecule has 0 N–H and O–H groups in total. The van der Waals surface area contributed by atoms with Gasteiger partial charge in [-0.3, -0.25) is 9.88 Å². The van der Waals surface area contributed by atoms with Crippen molar-refractivity contribution in [1.29, 1.82) is 0 Å². The van der Waals surface area contributed by atoms with Crippen LogP contribution < -0.4 is 0 Å². The SMILES string of the molecule is C#CCN(C)C(c1cccnc1)c1ccc(F)cc1F. The highest BCUT2D eigenvalue weighted by atomic mass is 19.1. The van der Waals surface area contributed by atoms with Gasteiger partial charge in [0.25, 0.3) is 0 Å². The van der Waals surface area contributed by atoms with E-state index < -0.39 is 17.7 Å². The summed E-state index contributed by atoms with van der Waals surface area (Å²) in [4.78, 5) is 5.86. The van der Waals surface area contributed by atoms with Crippen molar-refractivity contribution in [1.82, 2.24) is 9.88 Å².